The Balaban J connectivity index is 1.71. The SMILES string of the molecule is O=C(NNC(=O)C1CCCCN1S(=O)(=O)c1ccccc1)c1cccc([N+](=O)[O-])c1. The highest BCUT2D eigenvalue weighted by Crippen LogP contribution is 2.25. The molecular formula is C19H20N4O6S. The number of sulfonamides is 1. The van der Waals surface area contributed by atoms with Gasteiger partial charge in [0.2, 0.25) is 10.0 Å². The van der Waals surface area contributed by atoms with Crippen molar-refractivity contribution in [2.45, 2.75) is 30.2 Å². The standard InChI is InChI=1S/C19H20N4O6S/c24-18(14-7-6-8-15(13-14)23(26)27)20-21-19(25)17-11-4-5-12-22(17)30(28,29)16-9-2-1-3-10-16/h1-3,6-10,13,17H,4-5,11-12H2,(H,20,24)(H,21,25). The zero-order valence-corrected chi connectivity index (χ0v) is 16.7. The van der Waals surface area contributed by atoms with E-state index in [4.69, 9.17) is 0 Å². The van der Waals surface area contributed by atoms with Crippen molar-refractivity contribution in [1.29, 1.82) is 0 Å². The second-order valence-corrected chi connectivity index (χ2v) is 8.58. The molecular weight excluding hydrogens is 412 g/mol. The smallest absolute Gasteiger partial charge is 0.270 e. The summed E-state index contributed by atoms with van der Waals surface area (Å²) in [6.07, 6.45) is 1.60. The van der Waals surface area contributed by atoms with Crippen LogP contribution in [0.5, 0.6) is 0 Å². The number of carbonyl (C=O) groups excluding carboxylic acids is 2. The molecule has 0 bridgehead atoms. The maximum Gasteiger partial charge on any atom is 0.270 e. The summed E-state index contributed by atoms with van der Waals surface area (Å²) in [7, 11) is -3.88. The highest BCUT2D eigenvalue weighted by atomic mass is 32.2. The van der Waals surface area contributed by atoms with Crippen LogP contribution in [0.3, 0.4) is 0 Å². The number of non-ortho nitro benzene ring substituents is 1. The first-order valence-electron chi connectivity index (χ1n) is 9.22. The van der Waals surface area contributed by atoms with Gasteiger partial charge in [0.25, 0.3) is 17.5 Å². The van der Waals surface area contributed by atoms with Crippen molar-refractivity contribution in [3.63, 3.8) is 0 Å². The third kappa shape index (κ3) is 4.63. The van der Waals surface area contributed by atoms with E-state index in [-0.39, 0.29) is 22.7 Å². The predicted octanol–water partition coefficient (Wildman–Crippen LogP) is 1.60. The van der Waals surface area contributed by atoms with Gasteiger partial charge in [0, 0.05) is 24.2 Å². The maximum absolute atomic E-state index is 13.0. The molecule has 158 valence electrons. The minimum atomic E-state index is -3.88. The number of rotatable bonds is 5. The van der Waals surface area contributed by atoms with Gasteiger partial charge < -0.3 is 0 Å². The lowest BCUT2D eigenvalue weighted by atomic mass is 10.0. The molecule has 0 aromatic heterocycles. The van der Waals surface area contributed by atoms with Crippen LogP contribution in [0.15, 0.2) is 59.5 Å². The lowest BCUT2D eigenvalue weighted by molar-refractivity contribution is -0.384. The molecule has 1 unspecified atom stereocenters. The molecule has 1 aliphatic rings. The molecule has 0 spiro atoms. The lowest BCUT2D eigenvalue weighted by Crippen LogP contribution is -2.55. The fraction of sp³-hybridized carbons (Fsp3) is 0.263. The van der Waals surface area contributed by atoms with Gasteiger partial charge in [0.1, 0.15) is 6.04 Å². The van der Waals surface area contributed by atoms with Crippen LogP contribution >= 0.6 is 0 Å². The van der Waals surface area contributed by atoms with Gasteiger partial charge in [-0.1, -0.05) is 30.7 Å². The van der Waals surface area contributed by atoms with Crippen molar-refractivity contribution in [2.24, 2.45) is 0 Å². The van der Waals surface area contributed by atoms with Crippen LogP contribution in [0.25, 0.3) is 0 Å². The van der Waals surface area contributed by atoms with E-state index in [1.165, 1.54) is 30.3 Å². The van der Waals surface area contributed by atoms with Crippen LogP contribution in [0.1, 0.15) is 29.6 Å². The molecule has 2 aromatic carbocycles. The van der Waals surface area contributed by atoms with Crippen molar-refractivity contribution in [3.05, 3.63) is 70.3 Å². The Morgan fingerprint density at radius 3 is 2.47 bits per heavy atom. The van der Waals surface area contributed by atoms with E-state index in [0.717, 1.165) is 10.4 Å². The molecule has 2 amide bonds. The Kier molecular flexibility index (Phi) is 6.43. The fourth-order valence-electron chi connectivity index (χ4n) is 3.22. The van der Waals surface area contributed by atoms with Crippen molar-refractivity contribution in [1.82, 2.24) is 15.2 Å². The number of hydrogen-bond acceptors (Lipinski definition) is 6. The second kappa shape index (κ2) is 9.01. The summed E-state index contributed by atoms with van der Waals surface area (Å²) < 4.78 is 27.1. The van der Waals surface area contributed by atoms with Crippen LogP contribution in [-0.2, 0) is 14.8 Å². The number of carbonyl (C=O) groups is 2. The van der Waals surface area contributed by atoms with Crippen LogP contribution in [0, 0.1) is 10.1 Å². The van der Waals surface area contributed by atoms with Crippen molar-refractivity contribution in [3.8, 4) is 0 Å². The number of nitrogens with one attached hydrogen (secondary N) is 2. The minimum Gasteiger partial charge on any atom is -0.271 e. The predicted molar refractivity (Wildman–Crippen MR) is 107 cm³/mol. The summed E-state index contributed by atoms with van der Waals surface area (Å²) in [5, 5.41) is 10.8. The number of nitrogens with zero attached hydrogens (tertiary/aromatic N) is 2. The average molecular weight is 432 g/mol. The lowest BCUT2D eigenvalue weighted by Gasteiger charge is -2.33. The monoisotopic (exact) mass is 432 g/mol. The van der Waals surface area contributed by atoms with E-state index in [1.807, 2.05) is 0 Å². The van der Waals surface area contributed by atoms with Crippen LogP contribution < -0.4 is 10.9 Å². The number of nitro groups is 1. The molecule has 1 saturated heterocycles. The van der Waals surface area contributed by atoms with Gasteiger partial charge in [0.05, 0.1) is 9.82 Å². The molecule has 0 aliphatic carbocycles. The summed E-state index contributed by atoms with van der Waals surface area (Å²) in [6, 6.07) is 11.9. The highest BCUT2D eigenvalue weighted by molar-refractivity contribution is 7.89. The zero-order chi connectivity index (χ0) is 21.7. The van der Waals surface area contributed by atoms with Gasteiger partial charge in [-0.2, -0.15) is 4.31 Å². The minimum absolute atomic E-state index is 0.0121. The summed E-state index contributed by atoms with van der Waals surface area (Å²) in [4.78, 5) is 35.2. The van der Waals surface area contributed by atoms with E-state index < -0.39 is 32.8 Å². The average Bonchev–Trinajstić information content (AvgIpc) is 2.77. The van der Waals surface area contributed by atoms with Gasteiger partial charge in [-0.3, -0.25) is 30.6 Å². The Labute approximate surface area is 173 Å². The van der Waals surface area contributed by atoms with Crippen molar-refractivity contribution < 1.29 is 22.9 Å². The van der Waals surface area contributed by atoms with Crippen LogP contribution in [0.2, 0.25) is 0 Å². The highest BCUT2D eigenvalue weighted by Gasteiger charge is 2.37. The Hall–Kier alpha value is -3.31. The molecule has 1 heterocycles. The van der Waals surface area contributed by atoms with E-state index >= 15 is 0 Å². The topological polar surface area (TPSA) is 139 Å². The first kappa shape index (κ1) is 21.4. The molecule has 11 heteroatoms. The summed E-state index contributed by atoms with van der Waals surface area (Å²) >= 11 is 0. The second-order valence-electron chi connectivity index (χ2n) is 6.69. The third-order valence-corrected chi connectivity index (χ3v) is 6.65. The molecule has 0 radical (unpaired) electrons. The molecule has 0 saturated carbocycles. The van der Waals surface area contributed by atoms with Gasteiger partial charge in [0.15, 0.2) is 0 Å². The summed E-state index contributed by atoms with van der Waals surface area (Å²) in [5.74, 6) is -1.42. The van der Waals surface area contributed by atoms with E-state index in [9.17, 15) is 28.1 Å². The Bertz CT molecular complexity index is 1060. The van der Waals surface area contributed by atoms with Gasteiger partial charge in [-0.05, 0) is 31.0 Å². The number of nitro benzene ring substituents is 1. The zero-order valence-electron chi connectivity index (χ0n) is 15.9. The fourth-order valence-corrected chi connectivity index (χ4v) is 4.89. The van der Waals surface area contributed by atoms with Crippen LogP contribution in [0.4, 0.5) is 5.69 Å². The molecule has 10 nitrogen and oxygen atoms in total. The molecule has 2 N–H and O–H groups in total. The Morgan fingerprint density at radius 2 is 1.77 bits per heavy atom. The van der Waals surface area contributed by atoms with Crippen molar-refractivity contribution >= 4 is 27.5 Å². The van der Waals surface area contributed by atoms with E-state index in [1.54, 1.807) is 18.2 Å². The number of amides is 2. The first-order chi connectivity index (χ1) is 14.3. The number of benzene rings is 2. The van der Waals surface area contributed by atoms with Crippen LogP contribution in [-0.4, -0.2) is 42.0 Å². The number of piperidine rings is 1. The summed E-state index contributed by atoms with van der Waals surface area (Å²) in [5.41, 5.74) is 4.16. The molecule has 1 aliphatic heterocycles. The molecule has 30 heavy (non-hydrogen) atoms. The molecule has 1 atom stereocenters. The largest absolute Gasteiger partial charge is 0.271 e. The normalized spacial score (nSPS) is 17.1. The number of hydrogen-bond donors (Lipinski definition) is 2. The van der Waals surface area contributed by atoms with E-state index in [0.29, 0.717) is 19.3 Å². The molecule has 1 fully saturated rings. The first-order valence-corrected chi connectivity index (χ1v) is 10.7. The Morgan fingerprint density at radius 1 is 1.03 bits per heavy atom. The molecule has 2 aromatic rings. The summed E-state index contributed by atoms with van der Waals surface area (Å²) in [6.45, 7) is 0.189. The van der Waals surface area contributed by atoms with Gasteiger partial charge in [-0.25, -0.2) is 8.42 Å². The number of hydrazine groups is 1. The third-order valence-electron chi connectivity index (χ3n) is 4.72. The maximum atomic E-state index is 13.0. The van der Waals surface area contributed by atoms with Gasteiger partial charge in [-0.15, -0.1) is 0 Å². The van der Waals surface area contributed by atoms with Crippen molar-refractivity contribution in [2.75, 3.05) is 6.54 Å². The van der Waals surface area contributed by atoms with Gasteiger partial charge >= 0.3 is 0 Å². The quantitative estimate of drug-likeness (QED) is 0.543. The van der Waals surface area contributed by atoms with E-state index in [2.05, 4.69) is 10.9 Å². The molecule has 3 rings (SSSR count).